The zero-order valence-corrected chi connectivity index (χ0v) is 18.7. The third kappa shape index (κ3) is 4.65. The summed E-state index contributed by atoms with van der Waals surface area (Å²) in [7, 11) is 0. The summed E-state index contributed by atoms with van der Waals surface area (Å²) in [6.07, 6.45) is 0. The van der Waals surface area contributed by atoms with Crippen LogP contribution in [0.5, 0.6) is 0 Å². The SMILES string of the molecule is CC(=O)N(c1nc(CSc2ccc(C(C)C)cc2)cs1)c1cccc(C)c1C. The first-order chi connectivity index (χ1) is 13.4. The lowest BCUT2D eigenvalue weighted by atomic mass is 10.0. The predicted octanol–water partition coefficient (Wildman–Crippen LogP) is 6.86. The minimum atomic E-state index is -0.0217. The number of thiazole rings is 1. The molecule has 3 rings (SSSR count). The number of hydrogen-bond acceptors (Lipinski definition) is 4. The fourth-order valence-corrected chi connectivity index (χ4v) is 4.73. The lowest BCUT2D eigenvalue weighted by Gasteiger charge is -2.21. The van der Waals surface area contributed by atoms with Gasteiger partial charge in [-0.15, -0.1) is 23.1 Å². The molecule has 3 nitrogen and oxygen atoms in total. The Bertz CT molecular complexity index is 961. The average molecular weight is 411 g/mol. The van der Waals surface area contributed by atoms with Gasteiger partial charge in [0, 0.05) is 23.0 Å². The summed E-state index contributed by atoms with van der Waals surface area (Å²) < 4.78 is 0. The number of rotatable bonds is 6. The second-order valence-electron chi connectivity index (χ2n) is 7.21. The van der Waals surface area contributed by atoms with Crippen LogP contribution in [-0.2, 0) is 10.5 Å². The van der Waals surface area contributed by atoms with E-state index in [9.17, 15) is 4.79 Å². The van der Waals surface area contributed by atoms with Crippen molar-refractivity contribution < 1.29 is 4.79 Å². The summed E-state index contributed by atoms with van der Waals surface area (Å²) in [5.41, 5.74) is 5.53. The van der Waals surface area contributed by atoms with E-state index in [1.807, 2.05) is 24.4 Å². The minimum absolute atomic E-state index is 0.0217. The molecule has 0 saturated heterocycles. The highest BCUT2D eigenvalue weighted by Gasteiger charge is 2.20. The fourth-order valence-electron chi connectivity index (χ4n) is 2.96. The summed E-state index contributed by atoms with van der Waals surface area (Å²) in [4.78, 5) is 20.1. The number of nitrogens with zero attached hydrogens (tertiary/aromatic N) is 2. The zero-order valence-electron chi connectivity index (χ0n) is 17.0. The van der Waals surface area contributed by atoms with Gasteiger partial charge in [-0.3, -0.25) is 9.69 Å². The van der Waals surface area contributed by atoms with Gasteiger partial charge in [0.15, 0.2) is 5.13 Å². The summed E-state index contributed by atoms with van der Waals surface area (Å²) in [5.74, 6) is 1.31. The number of carbonyl (C=O) groups excluding carboxylic acids is 1. The van der Waals surface area contributed by atoms with Gasteiger partial charge in [-0.2, -0.15) is 0 Å². The Morgan fingerprint density at radius 1 is 1.14 bits per heavy atom. The molecule has 0 radical (unpaired) electrons. The maximum atomic E-state index is 12.4. The number of anilines is 2. The topological polar surface area (TPSA) is 33.2 Å². The van der Waals surface area contributed by atoms with Crippen molar-refractivity contribution >= 4 is 39.8 Å². The molecule has 0 unspecified atom stereocenters. The van der Waals surface area contributed by atoms with Gasteiger partial charge in [-0.1, -0.05) is 38.1 Å². The van der Waals surface area contributed by atoms with E-state index in [1.54, 1.807) is 23.6 Å². The number of aromatic nitrogens is 1. The Morgan fingerprint density at radius 3 is 2.50 bits per heavy atom. The molecule has 2 aromatic carbocycles. The Hall–Kier alpha value is -2.11. The highest BCUT2D eigenvalue weighted by Crippen LogP contribution is 2.34. The third-order valence-corrected chi connectivity index (χ3v) is 6.72. The molecular weight excluding hydrogens is 384 g/mol. The van der Waals surface area contributed by atoms with Crippen LogP contribution in [0.15, 0.2) is 52.7 Å². The maximum Gasteiger partial charge on any atom is 0.230 e. The van der Waals surface area contributed by atoms with Gasteiger partial charge in [0.25, 0.3) is 0 Å². The molecule has 1 aromatic heterocycles. The molecule has 0 aliphatic rings. The first kappa shape index (κ1) is 20.6. The summed E-state index contributed by atoms with van der Waals surface area (Å²) in [6.45, 7) is 10.1. The molecular formula is C23H26N2OS2. The van der Waals surface area contributed by atoms with Crippen LogP contribution in [0.4, 0.5) is 10.8 Å². The molecule has 0 spiro atoms. The lowest BCUT2D eigenvalue weighted by molar-refractivity contribution is -0.115. The van der Waals surface area contributed by atoms with Gasteiger partial charge in [-0.25, -0.2) is 4.98 Å². The smallest absolute Gasteiger partial charge is 0.230 e. The number of amides is 1. The van der Waals surface area contributed by atoms with Crippen LogP contribution in [0.25, 0.3) is 0 Å². The largest absolute Gasteiger partial charge is 0.274 e. The molecule has 0 N–H and O–H groups in total. The molecule has 0 aliphatic heterocycles. The number of aryl methyl sites for hydroxylation is 1. The normalized spacial score (nSPS) is 11.1. The van der Waals surface area contributed by atoms with Crippen molar-refractivity contribution in [2.75, 3.05) is 4.90 Å². The number of carbonyl (C=O) groups is 1. The Labute approximate surface area is 175 Å². The van der Waals surface area contributed by atoms with Crippen LogP contribution in [0, 0.1) is 13.8 Å². The summed E-state index contributed by atoms with van der Waals surface area (Å²) in [5, 5.41) is 2.78. The Morgan fingerprint density at radius 2 is 1.86 bits per heavy atom. The Balaban J connectivity index is 1.76. The van der Waals surface area contributed by atoms with E-state index in [0.29, 0.717) is 5.92 Å². The summed E-state index contributed by atoms with van der Waals surface area (Å²) in [6, 6.07) is 14.8. The molecule has 5 heteroatoms. The molecule has 0 atom stereocenters. The predicted molar refractivity (Wildman–Crippen MR) is 121 cm³/mol. The van der Waals surface area contributed by atoms with Crippen molar-refractivity contribution in [3.05, 3.63) is 70.2 Å². The molecule has 146 valence electrons. The molecule has 1 heterocycles. The van der Waals surface area contributed by atoms with E-state index in [2.05, 4.69) is 51.1 Å². The Kier molecular flexibility index (Phi) is 6.57. The van der Waals surface area contributed by atoms with Gasteiger partial charge in [0.2, 0.25) is 5.91 Å². The van der Waals surface area contributed by atoms with Crippen molar-refractivity contribution in [3.8, 4) is 0 Å². The van der Waals surface area contributed by atoms with E-state index in [1.165, 1.54) is 27.4 Å². The lowest BCUT2D eigenvalue weighted by Crippen LogP contribution is -2.23. The van der Waals surface area contributed by atoms with Gasteiger partial charge in [0.1, 0.15) is 0 Å². The third-order valence-electron chi connectivity index (χ3n) is 4.80. The highest BCUT2D eigenvalue weighted by molar-refractivity contribution is 7.98. The van der Waals surface area contributed by atoms with Crippen molar-refractivity contribution in [2.24, 2.45) is 0 Å². The van der Waals surface area contributed by atoms with Gasteiger partial charge in [0.05, 0.1) is 11.4 Å². The number of hydrogen-bond donors (Lipinski definition) is 0. The van der Waals surface area contributed by atoms with Crippen LogP contribution < -0.4 is 4.90 Å². The minimum Gasteiger partial charge on any atom is -0.274 e. The monoisotopic (exact) mass is 410 g/mol. The van der Waals surface area contributed by atoms with E-state index in [4.69, 9.17) is 4.98 Å². The molecule has 0 saturated carbocycles. The van der Waals surface area contributed by atoms with Crippen molar-refractivity contribution in [2.45, 2.75) is 51.2 Å². The number of benzene rings is 2. The second kappa shape index (κ2) is 8.93. The number of thioether (sulfide) groups is 1. The standard InChI is InChI=1S/C23H26N2OS2/c1-15(2)19-9-11-21(12-10-19)27-13-20-14-28-23(24-20)25(18(5)26)22-8-6-7-16(3)17(22)4/h6-12,14-15H,13H2,1-5H3. The van der Waals surface area contributed by atoms with Crippen molar-refractivity contribution in [1.29, 1.82) is 0 Å². The van der Waals surface area contributed by atoms with E-state index in [-0.39, 0.29) is 5.91 Å². The van der Waals surface area contributed by atoms with Crippen LogP contribution in [-0.4, -0.2) is 10.9 Å². The van der Waals surface area contributed by atoms with Crippen molar-refractivity contribution in [1.82, 2.24) is 4.98 Å². The first-order valence-electron chi connectivity index (χ1n) is 9.41. The van der Waals surface area contributed by atoms with Gasteiger partial charge < -0.3 is 0 Å². The summed E-state index contributed by atoms with van der Waals surface area (Å²) >= 11 is 3.29. The molecule has 3 aromatic rings. The average Bonchev–Trinajstić information content (AvgIpc) is 3.12. The highest BCUT2D eigenvalue weighted by atomic mass is 32.2. The van der Waals surface area contributed by atoms with Crippen molar-refractivity contribution in [3.63, 3.8) is 0 Å². The van der Waals surface area contributed by atoms with Crippen LogP contribution in [0.1, 0.15) is 49.1 Å². The van der Waals surface area contributed by atoms with E-state index >= 15 is 0 Å². The molecule has 28 heavy (non-hydrogen) atoms. The van der Waals surface area contributed by atoms with E-state index < -0.39 is 0 Å². The van der Waals surface area contributed by atoms with Crippen LogP contribution in [0.2, 0.25) is 0 Å². The first-order valence-corrected chi connectivity index (χ1v) is 11.3. The van der Waals surface area contributed by atoms with E-state index in [0.717, 1.165) is 27.8 Å². The molecule has 0 fully saturated rings. The van der Waals surface area contributed by atoms with Crippen LogP contribution in [0.3, 0.4) is 0 Å². The van der Waals surface area contributed by atoms with Gasteiger partial charge in [-0.05, 0) is 54.7 Å². The van der Waals surface area contributed by atoms with Gasteiger partial charge >= 0.3 is 0 Å². The fraction of sp³-hybridized carbons (Fsp3) is 0.304. The quantitative estimate of drug-likeness (QED) is 0.416. The maximum absolute atomic E-state index is 12.4. The second-order valence-corrected chi connectivity index (χ2v) is 9.09. The van der Waals surface area contributed by atoms with Crippen LogP contribution >= 0.6 is 23.1 Å². The molecule has 0 aliphatic carbocycles. The molecule has 1 amide bonds. The molecule has 0 bridgehead atoms. The zero-order chi connectivity index (χ0) is 20.3.